The molecule has 4 heteroatoms. The lowest BCUT2D eigenvalue weighted by atomic mass is 10.2. The molecule has 3 nitrogen and oxygen atoms in total. The molecule has 0 aliphatic heterocycles. The monoisotopic (exact) mass is 258 g/mol. The van der Waals surface area contributed by atoms with Gasteiger partial charge in [-0.2, -0.15) is 0 Å². The Labute approximate surface area is 109 Å². The Hall–Kier alpha value is -2.00. The predicted octanol–water partition coefficient (Wildman–Crippen LogP) is 4.19. The highest BCUT2D eigenvalue weighted by Crippen LogP contribution is 2.28. The van der Waals surface area contributed by atoms with Crippen LogP contribution in [0.2, 0.25) is 5.02 Å². The van der Waals surface area contributed by atoms with Gasteiger partial charge in [0.25, 0.3) is 0 Å². The minimum atomic E-state index is 0.701. The van der Waals surface area contributed by atoms with E-state index in [1.165, 1.54) is 0 Å². The molecule has 1 aromatic carbocycles. The Bertz CT molecular complexity index is 706. The molecule has 3 aromatic rings. The molecule has 0 fully saturated rings. The number of rotatable bonds is 2. The maximum atomic E-state index is 5.95. The minimum absolute atomic E-state index is 0.701. The van der Waals surface area contributed by atoms with Gasteiger partial charge in [-0.25, -0.2) is 4.98 Å². The molecule has 0 bridgehead atoms. The summed E-state index contributed by atoms with van der Waals surface area (Å²) in [6, 6.07) is 13.3. The van der Waals surface area contributed by atoms with Crippen LogP contribution < -0.4 is 5.32 Å². The Morgan fingerprint density at radius 1 is 1.17 bits per heavy atom. The van der Waals surface area contributed by atoms with Crippen LogP contribution in [-0.2, 0) is 0 Å². The van der Waals surface area contributed by atoms with Crippen LogP contribution in [0.5, 0.6) is 0 Å². The number of anilines is 1. The number of hydrogen-bond acceptors (Lipinski definition) is 3. The van der Waals surface area contributed by atoms with Crippen LogP contribution >= 0.6 is 11.6 Å². The smallest absolute Gasteiger partial charge is 0.153 e. The first-order chi connectivity index (χ1) is 8.76. The van der Waals surface area contributed by atoms with Gasteiger partial charge in [0, 0.05) is 17.5 Å². The summed E-state index contributed by atoms with van der Waals surface area (Å²) in [5.74, 6) is 1.55. The second kappa shape index (κ2) is 4.35. The van der Waals surface area contributed by atoms with Gasteiger partial charge in [-0.15, -0.1) is 0 Å². The Balaban J connectivity index is 2.13. The maximum Gasteiger partial charge on any atom is 0.153 e. The molecule has 2 aromatic heterocycles. The number of nitrogens with one attached hydrogen (secondary N) is 1. The van der Waals surface area contributed by atoms with Gasteiger partial charge >= 0.3 is 0 Å². The number of halogens is 1. The molecule has 1 N–H and O–H groups in total. The van der Waals surface area contributed by atoms with Gasteiger partial charge in [0.2, 0.25) is 0 Å². The van der Waals surface area contributed by atoms with E-state index < -0.39 is 0 Å². The summed E-state index contributed by atoms with van der Waals surface area (Å²) >= 11 is 5.95. The van der Waals surface area contributed by atoms with E-state index in [1.807, 2.05) is 49.5 Å². The molecule has 0 spiro atoms. The third kappa shape index (κ3) is 1.93. The second-order valence-corrected chi connectivity index (χ2v) is 4.39. The van der Waals surface area contributed by atoms with Gasteiger partial charge in [-0.1, -0.05) is 17.7 Å². The van der Waals surface area contributed by atoms with Crippen LogP contribution in [0.1, 0.15) is 0 Å². The van der Waals surface area contributed by atoms with Crippen LogP contribution in [0.3, 0.4) is 0 Å². The molecule has 2 heterocycles. The quantitative estimate of drug-likeness (QED) is 0.749. The highest BCUT2D eigenvalue weighted by molar-refractivity contribution is 6.31. The second-order valence-electron chi connectivity index (χ2n) is 3.95. The van der Waals surface area contributed by atoms with Crippen molar-refractivity contribution in [3.05, 3.63) is 47.5 Å². The molecule has 0 atom stereocenters. The van der Waals surface area contributed by atoms with Gasteiger partial charge in [-0.3, -0.25) is 0 Å². The fourth-order valence-corrected chi connectivity index (χ4v) is 2.03. The van der Waals surface area contributed by atoms with Crippen LogP contribution in [-0.4, -0.2) is 12.0 Å². The van der Waals surface area contributed by atoms with E-state index >= 15 is 0 Å². The first-order valence-corrected chi connectivity index (χ1v) is 5.98. The molecule has 18 heavy (non-hydrogen) atoms. The van der Waals surface area contributed by atoms with Crippen molar-refractivity contribution in [1.29, 1.82) is 0 Å². The van der Waals surface area contributed by atoms with Crippen LogP contribution in [0.4, 0.5) is 5.82 Å². The fraction of sp³-hybridized carbons (Fsp3) is 0.0714. The molecule has 0 radical (unpaired) electrons. The van der Waals surface area contributed by atoms with Crippen molar-refractivity contribution in [1.82, 2.24) is 4.98 Å². The molecule has 0 aliphatic carbocycles. The number of nitrogens with zero attached hydrogens (tertiary/aromatic N) is 1. The van der Waals surface area contributed by atoms with Crippen molar-refractivity contribution >= 4 is 28.4 Å². The third-order valence-corrected chi connectivity index (χ3v) is 2.97. The highest BCUT2D eigenvalue weighted by atomic mass is 35.5. The summed E-state index contributed by atoms with van der Waals surface area (Å²) in [6.45, 7) is 0. The zero-order valence-corrected chi connectivity index (χ0v) is 10.5. The number of pyridine rings is 1. The van der Waals surface area contributed by atoms with Crippen LogP contribution in [0, 0.1) is 0 Å². The number of benzene rings is 1. The molecule has 3 rings (SSSR count). The average Bonchev–Trinajstić information content (AvgIpc) is 2.81. The zero-order valence-electron chi connectivity index (χ0n) is 9.77. The summed E-state index contributed by atoms with van der Waals surface area (Å²) in [5, 5.41) is 4.69. The van der Waals surface area contributed by atoms with Crippen molar-refractivity contribution < 1.29 is 4.42 Å². The first kappa shape index (κ1) is 11.1. The van der Waals surface area contributed by atoms with Gasteiger partial charge in [-0.05, 0) is 36.4 Å². The molecule has 0 amide bonds. The van der Waals surface area contributed by atoms with Crippen molar-refractivity contribution in [3.63, 3.8) is 0 Å². The molecule has 0 saturated carbocycles. The number of furan rings is 1. The van der Waals surface area contributed by atoms with E-state index in [9.17, 15) is 0 Å². The van der Waals surface area contributed by atoms with Crippen molar-refractivity contribution in [2.24, 2.45) is 0 Å². The van der Waals surface area contributed by atoms with Crippen LogP contribution in [0.15, 0.2) is 46.9 Å². The summed E-state index contributed by atoms with van der Waals surface area (Å²) in [4.78, 5) is 4.44. The van der Waals surface area contributed by atoms with E-state index in [4.69, 9.17) is 16.0 Å². The molecule has 0 aliphatic rings. The number of hydrogen-bond donors (Lipinski definition) is 1. The third-order valence-electron chi connectivity index (χ3n) is 2.74. The number of aromatic nitrogens is 1. The summed E-state index contributed by atoms with van der Waals surface area (Å²) in [6.07, 6.45) is 0. The largest absolute Gasteiger partial charge is 0.454 e. The van der Waals surface area contributed by atoms with E-state index in [-0.39, 0.29) is 0 Å². The molecular weight excluding hydrogens is 248 g/mol. The lowest BCUT2D eigenvalue weighted by molar-refractivity contribution is 0.629. The summed E-state index contributed by atoms with van der Waals surface area (Å²) in [5.41, 5.74) is 1.61. The lowest BCUT2D eigenvalue weighted by Gasteiger charge is -2.00. The molecule has 0 saturated heterocycles. The standard InChI is InChI=1S/C14H11ClN2O/c1-16-14-4-2-3-11(17-14)13-8-9-7-10(15)5-6-12(9)18-13/h2-8H,1H3,(H,16,17). The topological polar surface area (TPSA) is 38.1 Å². The molecule has 0 unspecified atom stereocenters. The SMILES string of the molecule is CNc1cccc(-c2cc3cc(Cl)ccc3o2)n1. The molecule has 90 valence electrons. The van der Waals surface area contributed by atoms with E-state index in [0.717, 1.165) is 28.2 Å². The predicted molar refractivity (Wildman–Crippen MR) is 74.0 cm³/mol. The summed E-state index contributed by atoms with van der Waals surface area (Å²) < 4.78 is 5.76. The van der Waals surface area contributed by atoms with Crippen molar-refractivity contribution in [3.8, 4) is 11.5 Å². The van der Waals surface area contributed by atoms with Crippen molar-refractivity contribution in [2.45, 2.75) is 0 Å². The first-order valence-electron chi connectivity index (χ1n) is 5.60. The fourth-order valence-electron chi connectivity index (χ4n) is 1.85. The Morgan fingerprint density at radius 3 is 2.89 bits per heavy atom. The Morgan fingerprint density at radius 2 is 2.06 bits per heavy atom. The average molecular weight is 259 g/mol. The molecular formula is C14H11ClN2O. The maximum absolute atomic E-state index is 5.95. The highest BCUT2D eigenvalue weighted by Gasteiger charge is 2.08. The van der Waals surface area contributed by atoms with E-state index in [1.54, 1.807) is 0 Å². The van der Waals surface area contributed by atoms with Gasteiger partial charge in [0.1, 0.15) is 17.1 Å². The normalized spacial score (nSPS) is 10.8. The Kier molecular flexibility index (Phi) is 2.68. The van der Waals surface area contributed by atoms with Crippen molar-refractivity contribution in [2.75, 3.05) is 12.4 Å². The minimum Gasteiger partial charge on any atom is -0.454 e. The summed E-state index contributed by atoms with van der Waals surface area (Å²) in [7, 11) is 1.84. The lowest BCUT2D eigenvalue weighted by Crippen LogP contribution is -1.92. The van der Waals surface area contributed by atoms with Gasteiger partial charge in [0.15, 0.2) is 5.76 Å². The van der Waals surface area contributed by atoms with Gasteiger partial charge < -0.3 is 9.73 Å². The number of fused-ring (bicyclic) bond motifs is 1. The van der Waals surface area contributed by atoms with Crippen LogP contribution in [0.25, 0.3) is 22.4 Å². The van der Waals surface area contributed by atoms with Gasteiger partial charge in [0.05, 0.1) is 0 Å². The van der Waals surface area contributed by atoms with E-state index in [2.05, 4.69) is 10.3 Å². The van der Waals surface area contributed by atoms with E-state index in [0.29, 0.717) is 5.02 Å². The zero-order chi connectivity index (χ0) is 12.5.